The predicted molar refractivity (Wildman–Crippen MR) is 132 cm³/mol. The number of aliphatic carboxylic acids is 1. The van der Waals surface area contributed by atoms with E-state index in [9.17, 15) is 19.5 Å². The van der Waals surface area contributed by atoms with Gasteiger partial charge in [-0.1, -0.05) is 37.1 Å². The second-order valence-electron chi connectivity index (χ2n) is 10.6. The van der Waals surface area contributed by atoms with Crippen molar-refractivity contribution in [3.05, 3.63) is 56.7 Å². The average molecular weight is 560 g/mol. The molecule has 0 bridgehead atoms. The monoisotopic (exact) mass is 560 g/mol. The Labute approximate surface area is 207 Å². The van der Waals surface area contributed by atoms with E-state index in [1.54, 1.807) is 18.2 Å². The molecule has 0 unspecified atom stereocenters. The number of allylic oxidation sites excluding steroid dienone is 4. The van der Waals surface area contributed by atoms with Crippen LogP contribution in [0, 0.1) is 26.2 Å². The molecule has 33 heavy (non-hydrogen) atoms. The Morgan fingerprint density at radius 2 is 1.94 bits per heavy atom. The number of carboxylic acid groups (broad SMARTS) is 1. The largest absolute Gasteiger partial charge is 0.478 e. The summed E-state index contributed by atoms with van der Waals surface area (Å²) in [5.74, 6) is -1.01. The van der Waals surface area contributed by atoms with E-state index in [4.69, 9.17) is 4.74 Å². The molecule has 5 nitrogen and oxygen atoms in total. The van der Waals surface area contributed by atoms with Crippen molar-refractivity contribution in [2.45, 2.75) is 64.4 Å². The molecule has 0 spiro atoms. The maximum atomic E-state index is 13.1. The molecule has 174 valence electrons. The van der Waals surface area contributed by atoms with E-state index in [2.05, 4.69) is 35.6 Å². The van der Waals surface area contributed by atoms with Crippen LogP contribution in [0.2, 0.25) is 0 Å². The predicted octanol–water partition coefficient (Wildman–Crippen LogP) is 5.72. The van der Waals surface area contributed by atoms with Crippen molar-refractivity contribution in [1.29, 1.82) is 0 Å². The van der Waals surface area contributed by atoms with Gasteiger partial charge in [-0.3, -0.25) is 4.79 Å². The molecule has 4 aliphatic carbocycles. The highest BCUT2D eigenvalue weighted by Gasteiger charge is 2.68. The molecule has 6 heteroatoms. The number of rotatable bonds is 3. The first-order valence-corrected chi connectivity index (χ1v) is 12.9. The highest BCUT2D eigenvalue weighted by molar-refractivity contribution is 14.1. The van der Waals surface area contributed by atoms with Crippen molar-refractivity contribution in [2.24, 2.45) is 22.7 Å². The minimum Gasteiger partial charge on any atom is -0.478 e. The van der Waals surface area contributed by atoms with Gasteiger partial charge >= 0.3 is 11.9 Å². The van der Waals surface area contributed by atoms with Crippen LogP contribution in [0.1, 0.15) is 69.2 Å². The van der Waals surface area contributed by atoms with Gasteiger partial charge in [0, 0.05) is 20.8 Å². The van der Waals surface area contributed by atoms with E-state index in [0.717, 1.165) is 29.3 Å². The quantitative estimate of drug-likeness (QED) is 0.291. The molecule has 4 aliphatic rings. The highest BCUT2D eigenvalue weighted by atomic mass is 127. The van der Waals surface area contributed by atoms with Crippen LogP contribution in [-0.4, -0.2) is 28.4 Å². The first-order chi connectivity index (χ1) is 15.6. The van der Waals surface area contributed by atoms with Crippen molar-refractivity contribution in [3.8, 4) is 0 Å². The molecule has 1 N–H and O–H groups in total. The topological polar surface area (TPSA) is 80.7 Å². The molecule has 5 atom stereocenters. The lowest BCUT2D eigenvalue weighted by Crippen LogP contribution is -2.57. The van der Waals surface area contributed by atoms with Gasteiger partial charge in [-0.25, -0.2) is 9.59 Å². The number of fused-ring (bicyclic) bond motifs is 5. The van der Waals surface area contributed by atoms with E-state index in [1.165, 1.54) is 11.1 Å². The van der Waals surface area contributed by atoms with Crippen LogP contribution in [0.5, 0.6) is 0 Å². The number of hydrogen-bond acceptors (Lipinski definition) is 4. The van der Waals surface area contributed by atoms with Gasteiger partial charge in [0.1, 0.15) is 0 Å². The second kappa shape index (κ2) is 7.79. The number of ketones is 1. The minimum atomic E-state index is -1.54. The summed E-state index contributed by atoms with van der Waals surface area (Å²) in [6.45, 7) is 4.26. The first-order valence-electron chi connectivity index (χ1n) is 11.8. The Hall–Kier alpha value is -1.96. The van der Waals surface area contributed by atoms with Crippen LogP contribution in [0.25, 0.3) is 0 Å². The molecule has 0 aliphatic heterocycles. The summed E-state index contributed by atoms with van der Waals surface area (Å²) in [7, 11) is 0. The molecule has 5 rings (SSSR count). The van der Waals surface area contributed by atoms with E-state index in [0.29, 0.717) is 24.8 Å². The van der Waals surface area contributed by atoms with E-state index in [1.807, 2.05) is 19.1 Å². The number of carbonyl (C=O) groups excluding carboxylic acids is 2. The number of halogens is 1. The zero-order chi connectivity index (χ0) is 23.6. The molecular weight excluding hydrogens is 531 g/mol. The second-order valence-corrected chi connectivity index (χ2v) is 11.8. The van der Waals surface area contributed by atoms with Gasteiger partial charge in [-0.05, 0) is 97.2 Å². The van der Waals surface area contributed by atoms with Gasteiger partial charge in [0.15, 0.2) is 5.78 Å². The van der Waals surface area contributed by atoms with Crippen LogP contribution >= 0.6 is 22.6 Å². The summed E-state index contributed by atoms with van der Waals surface area (Å²) < 4.78 is 6.87. The fourth-order valence-corrected chi connectivity index (χ4v) is 7.79. The first kappa shape index (κ1) is 22.8. The van der Waals surface area contributed by atoms with E-state index >= 15 is 0 Å². The van der Waals surface area contributed by atoms with Gasteiger partial charge < -0.3 is 9.84 Å². The summed E-state index contributed by atoms with van der Waals surface area (Å²) in [5.41, 5.74) is 0.667. The number of hydrogen-bond donors (Lipinski definition) is 1. The molecule has 0 aromatic heterocycles. The SMILES string of the molecule is C[C@]12CCC(=O)C=C1CC[C@@H]1C2=CC[C@@]2(C)[C@H]1CC[C@]2(OC(=O)c1cccc(I)c1)C(=O)O. The van der Waals surface area contributed by atoms with Crippen molar-refractivity contribution >= 4 is 40.3 Å². The van der Waals surface area contributed by atoms with Crippen LogP contribution < -0.4 is 0 Å². The van der Waals surface area contributed by atoms with Crippen molar-refractivity contribution < 1.29 is 24.2 Å². The summed E-state index contributed by atoms with van der Waals surface area (Å²) in [5, 5.41) is 10.4. The van der Waals surface area contributed by atoms with Gasteiger partial charge in [-0.2, -0.15) is 0 Å². The molecule has 0 amide bonds. The Morgan fingerprint density at radius 3 is 2.67 bits per heavy atom. The van der Waals surface area contributed by atoms with Gasteiger partial charge in [0.2, 0.25) is 5.60 Å². The molecule has 2 fully saturated rings. The van der Waals surface area contributed by atoms with Crippen molar-refractivity contribution in [3.63, 3.8) is 0 Å². The Balaban J connectivity index is 1.52. The van der Waals surface area contributed by atoms with Crippen molar-refractivity contribution in [2.75, 3.05) is 0 Å². The van der Waals surface area contributed by atoms with Gasteiger partial charge in [0.25, 0.3) is 0 Å². The fraction of sp³-hybridized carbons (Fsp3) is 0.519. The number of carbonyl (C=O) groups is 3. The number of carboxylic acids is 1. The Morgan fingerprint density at radius 1 is 1.15 bits per heavy atom. The van der Waals surface area contributed by atoms with Gasteiger partial charge in [0.05, 0.1) is 5.56 Å². The molecule has 0 heterocycles. The minimum absolute atomic E-state index is 0.107. The van der Waals surface area contributed by atoms with Gasteiger partial charge in [-0.15, -0.1) is 0 Å². The summed E-state index contributed by atoms with van der Waals surface area (Å²) in [4.78, 5) is 37.9. The highest BCUT2D eigenvalue weighted by Crippen LogP contribution is 2.66. The summed E-state index contributed by atoms with van der Waals surface area (Å²) in [6, 6.07) is 7.07. The Kier molecular flexibility index (Phi) is 5.38. The lowest BCUT2D eigenvalue weighted by molar-refractivity contribution is -0.175. The third-order valence-electron chi connectivity index (χ3n) is 9.13. The molecule has 0 saturated heterocycles. The summed E-state index contributed by atoms with van der Waals surface area (Å²) >= 11 is 2.13. The van der Waals surface area contributed by atoms with Crippen LogP contribution in [0.15, 0.2) is 47.6 Å². The molecule has 1 aromatic rings. The van der Waals surface area contributed by atoms with Crippen LogP contribution in [0.4, 0.5) is 0 Å². The molecule has 2 saturated carbocycles. The van der Waals surface area contributed by atoms with E-state index < -0.39 is 23.0 Å². The summed E-state index contributed by atoms with van der Waals surface area (Å²) in [6.07, 6.45) is 8.88. The fourth-order valence-electron chi connectivity index (χ4n) is 7.25. The third-order valence-corrected chi connectivity index (χ3v) is 9.80. The molecule has 0 radical (unpaired) electrons. The van der Waals surface area contributed by atoms with E-state index in [-0.39, 0.29) is 23.0 Å². The van der Waals surface area contributed by atoms with Crippen LogP contribution in [0.3, 0.4) is 0 Å². The molecule has 1 aromatic carbocycles. The lowest BCUT2D eigenvalue weighted by atomic mass is 9.50. The normalized spacial score (nSPS) is 37.2. The maximum Gasteiger partial charge on any atom is 0.348 e. The molecular formula is C27H29IO5. The standard InChI is InChI=1S/C27H29IO5/c1-25-11-8-19(29)15-17(25)6-7-20-21(25)9-12-26(2)22(20)10-13-27(26,24(31)32)33-23(30)16-4-3-5-18(28)14-16/h3-5,9,14-15,20,22H,6-8,10-13H2,1-2H3,(H,31,32)/t20-,22+,25+,26+,27+/m1/s1. The zero-order valence-corrected chi connectivity index (χ0v) is 21.2. The smallest absolute Gasteiger partial charge is 0.348 e. The number of esters is 1. The number of benzene rings is 1. The third kappa shape index (κ3) is 3.27. The van der Waals surface area contributed by atoms with Crippen LogP contribution in [-0.2, 0) is 14.3 Å². The maximum absolute atomic E-state index is 13.1. The Bertz CT molecular complexity index is 1120. The average Bonchev–Trinajstić information content (AvgIpc) is 3.07. The zero-order valence-electron chi connectivity index (χ0n) is 19.0. The number of ether oxygens (including phenoxy) is 1. The van der Waals surface area contributed by atoms with Crippen molar-refractivity contribution in [1.82, 2.24) is 0 Å². The lowest BCUT2D eigenvalue weighted by Gasteiger charge is -2.54.